The maximum atomic E-state index is 14.3. The molecular formula is C24H24F6N2O6. The van der Waals surface area contributed by atoms with Crippen molar-refractivity contribution in [2.24, 2.45) is 0 Å². The van der Waals surface area contributed by atoms with Gasteiger partial charge in [0, 0.05) is 11.3 Å². The largest absolute Gasteiger partial charge is 0.464 e. The van der Waals surface area contributed by atoms with Crippen molar-refractivity contribution in [3.05, 3.63) is 65.2 Å². The predicted molar refractivity (Wildman–Crippen MR) is 121 cm³/mol. The number of ether oxygens (including phenoxy) is 2. The zero-order chi connectivity index (χ0) is 28.9. The molecule has 208 valence electrons. The van der Waals surface area contributed by atoms with Crippen LogP contribution >= 0.6 is 0 Å². The molecule has 14 heteroatoms. The van der Waals surface area contributed by atoms with Crippen molar-refractivity contribution < 1.29 is 55.3 Å². The average Bonchev–Trinajstić information content (AvgIpc) is 2.82. The first-order chi connectivity index (χ1) is 17.6. The molecule has 0 aliphatic heterocycles. The third-order valence-electron chi connectivity index (χ3n) is 5.39. The molecule has 0 fully saturated rings. The van der Waals surface area contributed by atoms with Crippen LogP contribution in [0.4, 0.5) is 36.8 Å². The topological polar surface area (TPSA) is 114 Å². The standard InChI is InChI=1S/C24H24F6N2O6/c1-4-37-18(33)21(23(25,26)27,15-9-7-6-8-10-15)32-20(35)31-17-12-11-16(13-14(17)3)22(36,24(28,29)30)19(34)38-5-2/h6-13,36H,4-5H2,1-3H3,(H2,31,32,35)/t21-,22-/m0/s1. The van der Waals surface area contributed by atoms with E-state index in [1.165, 1.54) is 39.0 Å². The Bertz CT molecular complexity index is 1170. The Morgan fingerprint density at radius 2 is 1.37 bits per heavy atom. The quantitative estimate of drug-likeness (QED) is 0.331. The summed E-state index contributed by atoms with van der Waals surface area (Å²) in [4.78, 5) is 37.2. The maximum absolute atomic E-state index is 14.3. The molecule has 0 unspecified atom stereocenters. The molecule has 0 spiro atoms. The molecule has 0 bridgehead atoms. The zero-order valence-corrected chi connectivity index (χ0v) is 20.3. The number of aliphatic hydroxyl groups is 1. The lowest BCUT2D eigenvalue weighted by molar-refractivity contribution is -0.267. The van der Waals surface area contributed by atoms with Crippen molar-refractivity contribution in [2.45, 2.75) is 44.3 Å². The number of hydrogen-bond donors (Lipinski definition) is 3. The van der Waals surface area contributed by atoms with Gasteiger partial charge in [0.1, 0.15) is 0 Å². The summed E-state index contributed by atoms with van der Waals surface area (Å²) in [7, 11) is 0. The van der Waals surface area contributed by atoms with E-state index in [-0.39, 0.29) is 11.3 Å². The molecule has 2 amide bonds. The Labute approximate surface area is 212 Å². The number of carbonyl (C=O) groups excluding carboxylic acids is 3. The molecule has 3 N–H and O–H groups in total. The van der Waals surface area contributed by atoms with Crippen LogP contribution in [0.15, 0.2) is 48.5 Å². The van der Waals surface area contributed by atoms with Crippen LogP contribution in [0.1, 0.15) is 30.5 Å². The summed E-state index contributed by atoms with van der Waals surface area (Å²) in [5.74, 6) is -3.80. The van der Waals surface area contributed by atoms with Crippen LogP contribution in [0.3, 0.4) is 0 Å². The Morgan fingerprint density at radius 1 is 0.816 bits per heavy atom. The van der Waals surface area contributed by atoms with E-state index in [4.69, 9.17) is 0 Å². The molecule has 2 aromatic rings. The summed E-state index contributed by atoms with van der Waals surface area (Å²) in [6, 6.07) is 6.36. The first-order valence-corrected chi connectivity index (χ1v) is 11.0. The van der Waals surface area contributed by atoms with Crippen LogP contribution < -0.4 is 10.6 Å². The SMILES string of the molecule is CCOC(=O)[C@@](O)(c1ccc(NC(=O)N[C@](C(=O)OCC)(c2ccccc2)C(F)(F)F)c(C)c1)C(F)(F)F. The number of hydrogen-bond acceptors (Lipinski definition) is 6. The van der Waals surface area contributed by atoms with E-state index in [9.17, 15) is 45.8 Å². The van der Waals surface area contributed by atoms with Gasteiger partial charge in [-0.3, -0.25) is 0 Å². The van der Waals surface area contributed by atoms with Gasteiger partial charge < -0.3 is 25.2 Å². The lowest BCUT2D eigenvalue weighted by Crippen LogP contribution is -2.62. The molecule has 0 saturated heterocycles. The molecule has 0 saturated carbocycles. The number of amides is 2. The van der Waals surface area contributed by atoms with Gasteiger partial charge in [-0.05, 0) is 38.0 Å². The van der Waals surface area contributed by atoms with Gasteiger partial charge in [-0.1, -0.05) is 42.5 Å². The van der Waals surface area contributed by atoms with Crippen molar-refractivity contribution in [2.75, 3.05) is 18.5 Å². The average molecular weight is 550 g/mol. The van der Waals surface area contributed by atoms with Gasteiger partial charge in [-0.15, -0.1) is 0 Å². The lowest BCUT2D eigenvalue weighted by Gasteiger charge is -2.34. The van der Waals surface area contributed by atoms with Gasteiger partial charge >= 0.3 is 30.3 Å². The fraction of sp³-hybridized carbons (Fsp3) is 0.375. The molecule has 2 rings (SSSR count). The van der Waals surface area contributed by atoms with E-state index in [2.05, 4.69) is 9.47 Å². The molecule has 0 aliphatic rings. The summed E-state index contributed by atoms with van der Waals surface area (Å²) in [5.41, 5.74) is -9.73. The van der Waals surface area contributed by atoms with Gasteiger partial charge in [-0.2, -0.15) is 26.3 Å². The Kier molecular flexibility index (Phi) is 9.04. The third kappa shape index (κ3) is 5.69. The number of esters is 2. The number of nitrogens with one attached hydrogen (secondary N) is 2. The number of rotatable bonds is 8. The van der Waals surface area contributed by atoms with Crippen LogP contribution in [-0.4, -0.2) is 48.6 Å². The summed E-state index contributed by atoms with van der Waals surface area (Å²) < 4.78 is 92.8. The second kappa shape index (κ2) is 11.3. The van der Waals surface area contributed by atoms with E-state index >= 15 is 0 Å². The van der Waals surface area contributed by atoms with Crippen molar-refractivity contribution >= 4 is 23.7 Å². The molecule has 0 aliphatic carbocycles. The van der Waals surface area contributed by atoms with E-state index < -0.39 is 65.8 Å². The monoisotopic (exact) mass is 550 g/mol. The number of urea groups is 1. The molecule has 0 radical (unpaired) electrons. The zero-order valence-electron chi connectivity index (χ0n) is 20.3. The minimum absolute atomic E-state index is 0.168. The van der Waals surface area contributed by atoms with Crippen LogP contribution in [0, 0.1) is 6.92 Å². The van der Waals surface area contributed by atoms with Crippen molar-refractivity contribution in [1.82, 2.24) is 5.32 Å². The minimum atomic E-state index is -5.49. The van der Waals surface area contributed by atoms with Crippen molar-refractivity contribution in [3.8, 4) is 0 Å². The molecule has 8 nitrogen and oxygen atoms in total. The van der Waals surface area contributed by atoms with E-state index in [0.29, 0.717) is 12.1 Å². The van der Waals surface area contributed by atoms with E-state index in [0.717, 1.165) is 18.2 Å². The molecule has 2 aromatic carbocycles. The van der Waals surface area contributed by atoms with Gasteiger partial charge in [0.2, 0.25) is 0 Å². The number of halogens is 6. The molecule has 38 heavy (non-hydrogen) atoms. The second-order valence-electron chi connectivity index (χ2n) is 7.87. The number of carbonyl (C=O) groups is 3. The Hall–Kier alpha value is -3.81. The van der Waals surface area contributed by atoms with Gasteiger partial charge in [-0.25, -0.2) is 14.4 Å². The van der Waals surface area contributed by atoms with E-state index in [1.54, 1.807) is 5.32 Å². The van der Waals surface area contributed by atoms with Crippen LogP contribution in [0.25, 0.3) is 0 Å². The first kappa shape index (κ1) is 30.4. The first-order valence-electron chi connectivity index (χ1n) is 11.0. The minimum Gasteiger partial charge on any atom is -0.464 e. The van der Waals surface area contributed by atoms with Crippen LogP contribution in [-0.2, 0) is 30.2 Å². The predicted octanol–water partition coefficient (Wildman–Crippen LogP) is 4.45. The smallest absolute Gasteiger partial charge is 0.432 e. The lowest BCUT2D eigenvalue weighted by atomic mass is 9.89. The van der Waals surface area contributed by atoms with Crippen molar-refractivity contribution in [3.63, 3.8) is 0 Å². The van der Waals surface area contributed by atoms with Gasteiger partial charge in [0.05, 0.1) is 13.2 Å². The normalized spacial score (nSPS) is 15.0. The Balaban J connectivity index is 2.48. The highest BCUT2D eigenvalue weighted by Crippen LogP contribution is 2.42. The highest BCUT2D eigenvalue weighted by molar-refractivity contribution is 5.96. The van der Waals surface area contributed by atoms with Gasteiger partial charge in [0.15, 0.2) is 0 Å². The fourth-order valence-electron chi connectivity index (χ4n) is 3.50. The molecular weight excluding hydrogens is 526 g/mol. The number of alkyl halides is 6. The summed E-state index contributed by atoms with van der Waals surface area (Å²) in [5, 5.41) is 13.9. The fourth-order valence-corrected chi connectivity index (χ4v) is 3.50. The highest BCUT2D eigenvalue weighted by Gasteiger charge is 2.64. The Morgan fingerprint density at radius 3 is 1.84 bits per heavy atom. The van der Waals surface area contributed by atoms with Crippen molar-refractivity contribution in [1.29, 1.82) is 0 Å². The summed E-state index contributed by atoms with van der Waals surface area (Å²) in [6.07, 6.45) is -10.9. The molecule has 0 aromatic heterocycles. The summed E-state index contributed by atoms with van der Waals surface area (Å²) in [6.45, 7) is 2.78. The molecule has 2 atom stereocenters. The third-order valence-corrected chi connectivity index (χ3v) is 5.39. The van der Waals surface area contributed by atoms with Gasteiger partial charge in [0.25, 0.3) is 11.1 Å². The second-order valence-corrected chi connectivity index (χ2v) is 7.87. The van der Waals surface area contributed by atoms with Crippen LogP contribution in [0.2, 0.25) is 0 Å². The number of benzene rings is 2. The molecule has 0 heterocycles. The van der Waals surface area contributed by atoms with Crippen LogP contribution in [0.5, 0.6) is 0 Å². The highest BCUT2D eigenvalue weighted by atomic mass is 19.4. The number of anilines is 1. The van der Waals surface area contributed by atoms with E-state index in [1.807, 2.05) is 5.32 Å². The summed E-state index contributed by atoms with van der Waals surface area (Å²) >= 11 is 0. The number of aryl methyl sites for hydroxylation is 1. The maximum Gasteiger partial charge on any atom is 0.432 e.